The van der Waals surface area contributed by atoms with E-state index in [1.165, 1.54) is 12.1 Å². The van der Waals surface area contributed by atoms with E-state index in [4.69, 9.17) is 9.52 Å². The zero-order chi connectivity index (χ0) is 11.8. The molecule has 0 bridgehead atoms. The number of fused-ring (bicyclic) bond motifs is 1. The first-order valence-corrected chi connectivity index (χ1v) is 4.99. The van der Waals surface area contributed by atoms with Gasteiger partial charge in [0, 0.05) is 18.0 Å². The van der Waals surface area contributed by atoms with Crippen LogP contribution in [0.5, 0.6) is 0 Å². The summed E-state index contributed by atoms with van der Waals surface area (Å²) in [4.78, 5) is 15.2. The van der Waals surface area contributed by atoms with Crippen LogP contribution in [-0.4, -0.2) is 20.5 Å². The lowest BCUT2D eigenvalue weighted by Crippen LogP contribution is -1.96. The molecule has 84 valence electrons. The molecule has 0 aliphatic carbocycles. The van der Waals surface area contributed by atoms with Gasteiger partial charge in [0.15, 0.2) is 0 Å². The molecule has 0 atom stereocenters. The number of pyridine rings is 1. The van der Waals surface area contributed by atoms with Crippen molar-refractivity contribution in [2.75, 3.05) is 0 Å². The number of carbonyl (C=O) groups is 1. The number of furan rings is 1. The number of hydrogen-bond acceptors (Lipinski definition) is 3. The molecule has 17 heavy (non-hydrogen) atoms. The van der Waals surface area contributed by atoms with Gasteiger partial charge in [0.1, 0.15) is 5.65 Å². The third-order valence-electron chi connectivity index (χ3n) is 2.52. The van der Waals surface area contributed by atoms with Crippen molar-refractivity contribution in [3.63, 3.8) is 0 Å². The summed E-state index contributed by atoms with van der Waals surface area (Å²) >= 11 is 0. The van der Waals surface area contributed by atoms with E-state index in [-0.39, 0.29) is 5.56 Å². The maximum absolute atomic E-state index is 10.8. The maximum atomic E-state index is 10.8. The second kappa shape index (κ2) is 3.48. The van der Waals surface area contributed by atoms with Crippen molar-refractivity contribution >= 4 is 11.6 Å². The third kappa shape index (κ3) is 1.57. The fourth-order valence-corrected chi connectivity index (χ4v) is 1.66. The Morgan fingerprint density at radius 2 is 2.29 bits per heavy atom. The summed E-state index contributed by atoms with van der Waals surface area (Å²) in [5, 5.41) is 8.88. The highest BCUT2D eigenvalue weighted by Gasteiger charge is 2.08. The van der Waals surface area contributed by atoms with E-state index in [0.717, 1.165) is 11.3 Å². The topological polar surface area (TPSA) is 67.7 Å². The molecule has 3 heterocycles. The minimum absolute atomic E-state index is 0.224. The van der Waals surface area contributed by atoms with Crippen molar-refractivity contribution in [1.82, 2.24) is 9.38 Å². The molecule has 0 unspecified atom stereocenters. The molecule has 5 nitrogen and oxygen atoms in total. The van der Waals surface area contributed by atoms with Gasteiger partial charge in [-0.3, -0.25) is 0 Å². The lowest BCUT2D eigenvalue weighted by molar-refractivity contribution is 0.0697. The standard InChI is InChI=1S/C12H8N2O3/c15-12(16)8-1-3-14-6-10(13-11(14)5-8)9-2-4-17-7-9/h1-7H,(H,15,16). The van der Waals surface area contributed by atoms with Crippen LogP contribution in [0.2, 0.25) is 0 Å². The van der Waals surface area contributed by atoms with Gasteiger partial charge in [-0.15, -0.1) is 0 Å². The summed E-state index contributed by atoms with van der Waals surface area (Å²) in [6, 6.07) is 4.88. The summed E-state index contributed by atoms with van der Waals surface area (Å²) in [6.45, 7) is 0. The Morgan fingerprint density at radius 1 is 1.41 bits per heavy atom. The van der Waals surface area contributed by atoms with Crippen molar-refractivity contribution in [2.24, 2.45) is 0 Å². The van der Waals surface area contributed by atoms with E-state index >= 15 is 0 Å². The summed E-state index contributed by atoms with van der Waals surface area (Å²) in [7, 11) is 0. The zero-order valence-corrected chi connectivity index (χ0v) is 8.70. The molecule has 0 spiro atoms. The van der Waals surface area contributed by atoms with Crippen molar-refractivity contribution in [2.45, 2.75) is 0 Å². The number of imidazole rings is 1. The molecule has 3 aromatic rings. The van der Waals surface area contributed by atoms with Crippen LogP contribution in [-0.2, 0) is 0 Å². The van der Waals surface area contributed by atoms with E-state index in [0.29, 0.717) is 5.65 Å². The lowest BCUT2D eigenvalue weighted by atomic mass is 10.3. The SMILES string of the molecule is O=C(O)c1ccn2cc(-c3ccoc3)nc2c1. The zero-order valence-electron chi connectivity index (χ0n) is 8.70. The van der Waals surface area contributed by atoms with Gasteiger partial charge in [0.2, 0.25) is 0 Å². The van der Waals surface area contributed by atoms with Crippen LogP contribution >= 0.6 is 0 Å². The molecule has 1 N–H and O–H groups in total. The fourth-order valence-electron chi connectivity index (χ4n) is 1.66. The normalized spacial score (nSPS) is 10.8. The van der Waals surface area contributed by atoms with Gasteiger partial charge in [-0.05, 0) is 18.2 Å². The van der Waals surface area contributed by atoms with Gasteiger partial charge in [0.05, 0.1) is 23.8 Å². The molecule has 0 aliphatic heterocycles. The minimum Gasteiger partial charge on any atom is -0.478 e. The molecule has 0 saturated heterocycles. The van der Waals surface area contributed by atoms with Crippen LogP contribution in [0, 0.1) is 0 Å². The number of rotatable bonds is 2. The molecular formula is C12H8N2O3. The molecule has 0 saturated carbocycles. The first kappa shape index (κ1) is 9.65. The second-order valence-corrected chi connectivity index (χ2v) is 3.62. The number of hydrogen-bond donors (Lipinski definition) is 1. The Labute approximate surface area is 95.9 Å². The van der Waals surface area contributed by atoms with E-state index in [9.17, 15) is 4.79 Å². The molecular weight excluding hydrogens is 220 g/mol. The molecule has 0 aromatic carbocycles. The quantitative estimate of drug-likeness (QED) is 0.730. The monoisotopic (exact) mass is 228 g/mol. The highest BCUT2D eigenvalue weighted by Crippen LogP contribution is 2.19. The van der Waals surface area contributed by atoms with Gasteiger partial charge in [-0.25, -0.2) is 9.78 Å². The van der Waals surface area contributed by atoms with Crippen molar-refractivity contribution in [1.29, 1.82) is 0 Å². The molecule has 0 radical (unpaired) electrons. The summed E-state index contributed by atoms with van der Waals surface area (Å²) < 4.78 is 6.76. The first-order valence-electron chi connectivity index (χ1n) is 4.99. The van der Waals surface area contributed by atoms with Crippen molar-refractivity contribution in [3.8, 4) is 11.3 Å². The van der Waals surface area contributed by atoms with E-state index in [1.54, 1.807) is 29.2 Å². The molecule has 0 fully saturated rings. The Morgan fingerprint density at radius 3 is 3.00 bits per heavy atom. The van der Waals surface area contributed by atoms with Gasteiger partial charge >= 0.3 is 5.97 Å². The maximum Gasteiger partial charge on any atom is 0.335 e. The Hall–Kier alpha value is -2.56. The Bertz CT molecular complexity index is 683. The summed E-state index contributed by atoms with van der Waals surface area (Å²) in [5.41, 5.74) is 2.44. The summed E-state index contributed by atoms with van der Waals surface area (Å²) in [6.07, 6.45) is 6.67. The van der Waals surface area contributed by atoms with Crippen LogP contribution in [0.3, 0.4) is 0 Å². The number of aromatic carboxylic acids is 1. The number of carboxylic acid groups (broad SMARTS) is 1. The highest BCUT2D eigenvalue weighted by atomic mass is 16.4. The van der Waals surface area contributed by atoms with Crippen LogP contribution in [0.4, 0.5) is 0 Å². The lowest BCUT2D eigenvalue weighted by Gasteiger charge is -1.94. The largest absolute Gasteiger partial charge is 0.478 e. The predicted octanol–water partition coefficient (Wildman–Crippen LogP) is 2.29. The van der Waals surface area contributed by atoms with E-state index in [1.807, 2.05) is 6.20 Å². The Kier molecular flexibility index (Phi) is 1.98. The predicted molar refractivity (Wildman–Crippen MR) is 59.9 cm³/mol. The van der Waals surface area contributed by atoms with Crippen molar-refractivity contribution in [3.05, 3.63) is 48.7 Å². The summed E-state index contributed by atoms with van der Waals surface area (Å²) in [5.74, 6) is -0.958. The number of nitrogens with zero attached hydrogens (tertiary/aromatic N) is 2. The van der Waals surface area contributed by atoms with Gasteiger partial charge in [0.25, 0.3) is 0 Å². The van der Waals surface area contributed by atoms with Crippen LogP contribution in [0.25, 0.3) is 16.9 Å². The average molecular weight is 228 g/mol. The average Bonchev–Trinajstić information content (AvgIpc) is 2.96. The van der Waals surface area contributed by atoms with E-state index in [2.05, 4.69) is 4.98 Å². The second-order valence-electron chi connectivity index (χ2n) is 3.62. The van der Waals surface area contributed by atoms with Gasteiger partial charge < -0.3 is 13.9 Å². The Balaban J connectivity index is 2.16. The molecule has 5 heteroatoms. The number of carboxylic acids is 1. The first-order chi connectivity index (χ1) is 8.24. The highest BCUT2D eigenvalue weighted by molar-refractivity contribution is 5.88. The molecule has 3 rings (SSSR count). The van der Waals surface area contributed by atoms with Gasteiger partial charge in [-0.1, -0.05) is 0 Å². The molecule has 0 amide bonds. The van der Waals surface area contributed by atoms with Gasteiger partial charge in [-0.2, -0.15) is 0 Å². The van der Waals surface area contributed by atoms with Crippen LogP contribution in [0.1, 0.15) is 10.4 Å². The third-order valence-corrected chi connectivity index (χ3v) is 2.52. The van der Waals surface area contributed by atoms with E-state index < -0.39 is 5.97 Å². The van der Waals surface area contributed by atoms with Crippen molar-refractivity contribution < 1.29 is 14.3 Å². The smallest absolute Gasteiger partial charge is 0.335 e. The van der Waals surface area contributed by atoms with Crippen LogP contribution in [0.15, 0.2) is 47.5 Å². The molecule has 0 aliphatic rings. The van der Waals surface area contributed by atoms with Crippen LogP contribution < -0.4 is 0 Å². The molecule has 3 aromatic heterocycles. The fraction of sp³-hybridized carbons (Fsp3) is 0. The minimum atomic E-state index is -0.958. The number of aromatic nitrogens is 2.